The molecule has 0 bridgehead atoms. The van der Waals surface area contributed by atoms with Gasteiger partial charge >= 0.3 is 7.12 Å². The molecule has 0 saturated carbocycles. The predicted octanol–water partition coefficient (Wildman–Crippen LogP) is 10.6. The Hall–Kier alpha value is -6.39. The average Bonchev–Trinajstić information content (AvgIpc) is 3.27. The second-order valence-electron chi connectivity index (χ2n) is 13.5. The van der Waals surface area contributed by atoms with Gasteiger partial charge in [-0.05, 0) is 119 Å². The maximum Gasteiger partial charge on any atom is 0.489 e. The lowest BCUT2D eigenvalue weighted by Crippen LogP contribution is -2.31. The van der Waals surface area contributed by atoms with Gasteiger partial charge in [0.05, 0.1) is 10.8 Å². The Morgan fingerprint density at radius 2 is 0.875 bits per heavy atom. The second-order valence-corrected chi connectivity index (χ2v) is 14.3. The van der Waals surface area contributed by atoms with Crippen molar-refractivity contribution >= 4 is 60.6 Å². The maximum absolute atomic E-state index is 9.22. The summed E-state index contributed by atoms with van der Waals surface area (Å²) in [6, 6.07) is 72.6. The minimum absolute atomic E-state index is 0.531. The zero-order valence-corrected chi connectivity index (χ0v) is 32.1. The molecular weight excluding hydrogens is 747 g/mol. The topological polar surface area (TPSA) is 40.5 Å². The lowest BCUT2D eigenvalue weighted by atomic mass is 9.75. The summed E-state index contributed by atoms with van der Waals surface area (Å²) >= 11 is 3.66. The van der Waals surface area contributed by atoms with E-state index in [1.807, 2.05) is 54.6 Å². The van der Waals surface area contributed by atoms with E-state index in [9.17, 15) is 10.0 Å². The van der Waals surface area contributed by atoms with Crippen LogP contribution in [-0.4, -0.2) is 17.2 Å². The molecular formula is C52H37BBrO2+. The molecule has 4 heteroatoms. The monoisotopic (exact) mass is 783 g/mol. The zero-order valence-electron chi connectivity index (χ0n) is 30.6. The number of rotatable bonds is 4. The van der Waals surface area contributed by atoms with E-state index in [1.54, 1.807) is 12.1 Å². The first kappa shape index (κ1) is 36.6. The smallest absolute Gasteiger partial charge is 0.423 e. The van der Waals surface area contributed by atoms with Crippen LogP contribution in [0, 0.1) is 0 Å². The molecule has 266 valence electrons. The van der Waals surface area contributed by atoms with E-state index in [4.69, 9.17) is 0 Å². The third kappa shape index (κ3) is 7.74. The van der Waals surface area contributed by atoms with Crippen LogP contribution in [0.25, 0.3) is 65.5 Å². The van der Waals surface area contributed by atoms with E-state index in [0.717, 1.165) is 26.4 Å². The van der Waals surface area contributed by atoms with Crippen molar-refractivity contribution in [1.82, 2.24) is 0 Å². The Morgan fingerprint density at radius 1 is 0.411 bits per heavy atom. The molecule has 9 aromatic rings. The molecule has 10 rings (SSSR count). The van der Waals surface area contributed by atoms with E-state index < -0.39 is 7.12 Å². The molecule has 1 aliphatic rings. The second kappa shape index (κ2) is 17.0. The quantitative estimate of drug-likeness (QED) is 0.106. The zero-order chi connectivity index (χ0) is 38.3. The highest BCUT2D eigenvalue weighted by Gasteiger charge is 2.18. The summed E-state index contributed by atoms with van der Waals surface area (Å²) in [7, 11) is -1.43. The van der Waals surface area contributed by atoms with Gasteiger partial charge in [0.15, 0.2) is 0 Å². The van der Waals surface area contributed by atoms with Gasteiger partial charge in [-0.25, -0.2) is 0 Å². The van der Waals surface area contributed by atoms with E-state index in [1.165, 1.54) is 54.6 Å². The van der Waals surface area contributed by atoms with Gasteiger partial charge in [0.25, 0.3) is 0 Å². The molecule has 0 fully saturated rings. The standard InChI is InChI=1S/C26H18.C14H8Br.C12H11BO2/c1-2-10-19(11-3-1)22-14-8-9-17-25(22)26-23-15-6-4-12-20(23)18-21-13-5-7-16-24(21)26;15-14-12-7-3-1-5-10(12)9-11-6-2-4-8-13(11)14;14-13(15)12-9-5-4-8-11(12)10-6-2-1-3-7-10/h1-18H;1-8H;1-9,14-15H/q;+1;. The third-order valence-corrected chi connectivity index (χ3v) is 10.8. The number of benzene rings is 9. The lowest BCUT2D eigenvalue weighted by molar-refractivity contribution is 0.426. The maximum atomic E-state index is 9.22. The SMILES string of the molecule is BrC1=c2ccccc2=[C+]c2ccccc21.OB(O)c1ccccc1-c1ccccc1.c1ccc(-c2ccccc2-c2c3ccccc3cc3ccccc23)cc1. The largest absolute Gasteiger partial charge is 0.489 e. The van der Waals surface area contributed by atoms with Crippen molar-refractivity contribution in [1.29, 1.82) is 0 Å². The lowest BCUT2D eigenvalue weighted by Gasteiger charge is -2.16. The van der Waals surface area contributed by atoms with Gasteiger partial charge < -0.3 is 10.0 Å². The molecule has 9 aromatic carbocycles. The fourth-order valence-corrected chi connectivity index (χ4v) is 8.03. The summed E-state index contributed by atoms with van der Waals surface area (Å²) < 4.78 is 1.16. The van der Waals surface area contributed by atoms with Gasteiger partial charge in [-0.1, -0.05) is 158 Å². The molecule has 0 atom stereocenters. The van der Waals surface area contributed by atoms with Crippen LogP contribution in [0.4, 0.5) is 0 Å². The van der Waals surface area contributed by atoms with Crippen LogP contribution >= 0.6 is 15.9 Å². The van der Waals surface area contributed by atoms with Gasteiger partial charge in [-0.15, -0.1) is 0 Å². The normalized spacial score (nSPS) is 11.1. The van der Waals surface area contributed by atoms with Crippen LogP contribution in [0.1, 0.15) is 11.1 Å². The highest BCUT2D eigenvalue weighted by Crippen LogP contribution is 2.41. The van der Waals surface area contributed by atoms with Gasteiger partial charge in [0.2, 0.25) is 0 Å². The first-order valence-corrected chi connectivity index (χ1v) is 19.4. The molecule has 1 aliphatic carbocycles. The molecule has 0 radical (unpaired) electrons. The van der Waals surface area contributed by atoms with Crippen molar-refractivity contribution < 1.29 is 10.0 Å². The van der Waals surface area contributed by atoms with Crippen molar-refractivity contribution in [2.24, 2.45) is 0 Å². The van der Waals surface area contributed by atoms with Gasteiger partial charge in [0, 0.05) is 18.2 Å². The highest BCUT2D eigenvalue weighted by molar-refractivity contribution is 9.15. The first-order chi connectivity index (χ1) is 27.6. The molecule has 0 unspecified atom stereocenters. The minimum atomic E-state index is -1.43. The summed E-state index contributed by atoms with van der Waals surface area (Å²) in [5.41, 5.74) is 9.87. The molecule has 2 N–H and O–H groups in total. The van der Waals surface area contributed by atoms with Gasteiger partial charge in [0.1, 0.15) is 15.3 Å². The summed E-state index contributed by atoms with van der Waals surface area (Å²) in [6.45, 7) is 0. The van der Waals surface area contributed by atoms with E-state index in [-0.39, 0.29) is 0 Å². The molecule has 0 aliphatic heterocycles. The Morgan fingerprint density at radius 3 is 1.52 bits per heavy atom. The summed E-state index contributed by atoms with van der Waals surface area (Å²) in [5, 5.41) is 26.0. The number of hydrogen-bond donors (Lipinski definition) is 2. The Balaban J connectivity index is 0.000000126. The third-order valence-electron chi connectivity index (χ3n) is 9.97. The van der Waals surface area contributed by atoms with E-state index in [2.05, 4.69) is 168 Å². The predicted molar refractivity (Wildman–Crippen MR) is 240 cm³/mol. The Labute approximate surface area is 336 Å². The fourth-order valence-electron chi connectivity index (χ4n) is 7.33. The van der Waals surface area contributed by atoms with Gasteiger partial charge in [-0.2, -0.15) is 0 Å². The summed E-state index contributed by atoms with van der Waals surface area (Å²) in [5.74, 6) is 0. The van der Waals surface area contributed by atoms with Crippen molar-refractivity contribution in [3.8, 4) is 33.4 Å². The first-order valence-electron chi connectivity index (χ1n) is 18.6. The molecule has 0 saturated heterocycles. The van der Waals surface area contributed by atoms with Crippen molar-refractivity contribution in [3.63, 3.8) is 0 Å². The van der Waals surface area contributed by atoms with Crippen LogP contribution in [-0.2, 0) is 0 Å². The Bertz CT molecular complexity index is 2850. The molecule has 0 aromatic heterocycles. The highest BCUT2D eigenvalue weighted by atomic mass is 79.9. The minimum Gasteiger partial charge on any atom is -0.423 e. The van der Waals surface area contributed by atoms with E-state index >= 15 is 0 Å². The van der Waals surface area contributed by atoms with Crippen LogP contribution in [0.5, 0.6) is 0 Å². The van der Waals surface area contributed by atoms with Crippen LogP contribution in [0.2, 0.25) is 0 Å². The number of halogens is 1. The molecule has 56 heavy (non-hydrogen) atoms. The molecule has 2 nitrogen and oxygen atoms in total. The van der Waals surface area contributed by atoms with Crippen LogP contribution in [0.15, 0.2) is 212 Å². The van der Waals surface area contributed by atoms with E-state index in [0.29, 0.717) is 5.46 Å². The molecule has 0 spiro atoms. The van der Waals surface area contributed by atoms with Gasteiger partial charge in [-0.3, -0.25) is 0 Å². The van der Waals surface area contributed by atoms with Crippen LogP contribution < -0.4 is 15.9 Å². The molecule has 0 amide bonds. The Kier molecular flexibility index (Phi) is 11.1. The molecule has 0 heterocycles. The summed E-state index contributed by atoms with van der Waals surface area (Å²) in [4.78, 5) is 0. The average molecular weight is 785 g/mol. The van der Waals surface area contributed by atoms with Crippen LogP contribution in [0.3, 0.4) is 0 Å². The number of hydrogen-bond acceptors (Lipinski definition) is 2. The van der Waals surface area contributed by atoms with Crippen molar-refractivity contribution in [2.75, 3.05) is 0 Å². The number of fused-ring (bicyclic) bond motifs is 4. The van der Waals surface area contributed by atoms with Crippen molar-refractivity contribution in [2.45, 2.75) is 0 Å². The van der Waals surface area contributed by atoms with Crippen molar-refractivity contribution in [3.05, 3.63) is 234 Å². The fraction of sp³-hybridized carbons (Fsp3) is 0. The summed E-state index contributed by atoms with van der Waals surface area (Å²) in [6.07, 6.45) is 3.42.